The molecule has 0 saturated carbocycles. The summed E-state index contributed by atoms with van der Waals surface area (Å²) in [5.74, 6) is 0.0959. The van der Waals surface area contributed by atoms with E-state index in [1.54, 1.807) is 6.92 Å². The van der Waals surface area contributed by atoms with E-state index in [2.05, 4.69) is 22.0 Å². The monoisotopic (exact) mass is 260 g/mol. The van der Waals surface area contributed by atoms with Crippen LogP contribution in [0.3, 0.4) is 0 Å². The van der Waals surface area contributed by atoms with Crippen LogP contribution in [-0.4, -0.2) is 17.8 Å². The number of thiazole rings is 1. The number of carbonyl (C=O) groups is 1. The number of aromatic nitrogens is 1. The first kappa shape index (κ1) is 12.8. The normalized spacial score (nSPS) is 10.4. The Morgan fingerprint density at radius 2 is 2.00 bits per heavy atom. The predicted molar refractivity (Wildman–Crippen MR) is 75.4 cm³/mol. The number of aryl methyl sites for hydroxylation is 1. The number of anilines is 1. The molecule has 0 spiro atoms. The Balaban J connectivity index is 2.15. The molecule has 94 valence electrons. The van der Waals surface area contributed by atoms with Crippen LogP contribution in [0.15, 0.2) is 30.3 Å². The highest BCUT2D eigenvalue weighted by Crippen LogP contribution is 2.21. The van der Waals surface area contributed by atoms with E-state index in [4.69, 9.17) is 0 Å². The van der Waals surface area contributed by atoms with Gasteiger partial charge < -0.3 is 4.90 Å². The summed E-state index contributed by atoms with van der Waals surface area (Å²) in [5.41, 5.74) is 1.98. The van der Waals surface area contributed by atoms with Crippen molar-refractivity contribution in [2.75, 3.05) is 11.9 Å². The minimum atomic E-state index is 0.0959. The summed E-state index contributed by atoms with van der Waals surface area (Å²) in [4.78, 5) is 18.7. The number of ketones is 1. The molecule has 0 aliphatic rings. The van der Waals surface area contributed by atoms with Crippen LogP contribution in [0.2, 0.25) is 0 Å². The van der Waals surface area contributed by atoms with Crippen LogP contribution in [0.4, 0.5) is 5.69 Å². The van der Waals surface area contributed by atoms with Crippen LogP contribution in [-0.2, 0) is 6.54 Å². The molecule has 3 nitrogen and oxygen atoms in total. The average molecular weight is 260 g/mol. The summed E-state index contributed by atoms with van der Waals surface area (Å²) in [7, 11) is 2.03. The fourth-order valence-corrected chi connectivity index (χ4v) is 2.84. The van der Waals surface area contributed by atoms with E-state index in [1.807, 2.05) is 32.2 Å². The Kier molecular flexibility index (Phi) is 3.77. The molecule has 1 aromatic heterocycles. The molecule has 2 rings (SSSR count). The van der Waals surface area contributed by atoms with Gasteiger partial charge in [-0.2, -0.15) is 0 Å². The number of hydrogen-bond acceptors (Lipinski definition) is 4. The van der Waals surface area contributed by atoms with Crippen molar-refractivity contribution < 1.29 is 4.79 Å². The standard InChI is InChI=1S/C14H16N2OS/c1-10-14(11(2)17)18-13(15-10)9-16(3)12-7-5-4-6-8-12/h4-8H,9H2,1-3H3. The van der Waals surface area contributed by atoms with Gasteiger partial charge in [0.25, 0.3) is 0 Å². The van der Waals surface area contributed by atoms with Crippen molar-refractivity contribution in [2.45, 2.75) is 20.4 Å². The van der Waals surface area contributed by atoms with Crippen LogP contribution in [0, 0.1) is 6.92 Å². The maximum Gasteiger partial charge on any atom is 0.171 e. The van der Waals surface area contributed by atoms with Gasteiger partial charge in [0.1, 0.15) is 5.01 Å². The van der Waals surface area contributed by atoms with Gasteiger partial charge in [0.05, 0.1) is 17.1 Å². The summed E-state index contributed by atoms with van der Waals surface area (Å²) in [6, 6.07) is 10.2. The molecule has 0 radical (unpaired) electrons. The van der Waals surface area contributed by atoms with Gasteiger partial charge in [0, 0.05) is 19.7 Å². The lowest BCUT2D eigenvalue weighted by Crippen LogP contribution is -2.15. The zero-order chi connectivity index (χ0) is 13.1. The Labute approximate surface area is 111 Å². The first-order valence-electron chi connectivity index (χ1n) is 5.81. The molecule has 0 aliphatic heterocycles. The quantitative estimate of drug-likeness (QED) is 0.791. The molecule has 0 unspecified atom stereocenters. The molecular formula is C14H16N2OS. The molecule has 0 amide bonds. The largest absolute Gasteiger partial charge is 0.368 e. The second-order valence-corrected chi connectivity index (χ2v) is 5.35. The highest BCUT2D eigenvalue weighted by Gasteiger charge is 2.12. The molecule has 0 bridgehead atoms. The van der Waals surface area contributed by atoms with Crippen LogP contribution in [0.25, 0.3) is 0 Å². The third-order valence-electron chi connectivity index (χ3n) is 2.73. The first-order chi connectivity index (χ1) is 8.58. The molecule has 0 atom stereocenters. The smallest absolute Gasteiger partial charge is 0.171 e. The lowest BCUT2D eigenvalue weighted by molar-refractivity contribution is 0.102. The first-order valence-corrected chi connectivity index (χ1v) is 6.63. The van der Waals surface area contributed by atoms with Crippen molar-refractivity contribution in [3.05, 3.63) is 45.9 Å². The van der Waals surface area contributed by atoms with Gasteiger partial charge in [-0.15, -0.1) is 11.3 Å². The van der Waals surface area contributed by atoms with Gasteiger partial charge in [-0.05, 0) is 19.1 Å². The van der Waals surface area contributed by atoms with Crippen LogP contribution < -0.4 is 4.90 Å². The molecule has 2 aromatic rings. The van der Waals surface area contributed by atoms with E-state index >= 15 is 0 Å². The lowest BCUT2D eigenvalue weighted by Gasteiger charge is -2.17. The van der Waals surface area contributed by atoms with E-state index in [-0.39, 0.29) is 5.78 Å². The van der Waals surface area contributed by atoms with E-state index < -0.39 is 0 Å². The highest BCUT2D eigenvalue weighted by molar-refractivity contribution is 7.13. The van der Waals surface area contributed by atoms with E-state index in [9.17, 15) is 4.79 Å². The Hall–Kier alpha value is -1.68. The van der Waals surface area contributed by atoms with E-state index in [1.165, 1.54) is 11.3 Å². The zero-order valence-electron chi connectivity index (χ0n) is 10.8. The molecule has 1 aromatic carbocycles. The van der Waals surface area contributed by atoms with Crippen LogP contribution >= 0.6 is 11.3 Å². The van der Waals surface area contributed by atoms with Crippen molar-refractivity contribution in [2.24, 2.45) is 0 Å². The van der Waals surface area contributed by atoms with Crippen LogP contribution in [0.1, 0.15) is 27.3 Å². The maximum absolute atomic E-state index is 11.4. The number of para-hydroxylation sites is 1. The Bertz CT molecular complexity index is 548. The summed E-state index contributed by atoms with van der Waals surface area (Å²) >= 11 is 1.49. The van der Waals surface area contributed by atoms with Crippen molar-refractivity contribution >= 4 is 22.8 Å². The number of hydrogen-bond donors (Lipinski definition) is 0. The number of carbonyl (C=O) groups excluding carboxylic acids is 1. The second-order valence-electron chi connectivity index (χ2n) is 4.27. The third-order valence-corrected chi connectivity index (χ3v) is 3.97. The molecule has 18 heavy (non-hydrogen) atoms. The van der Waals surface area contributed by atoms with Gasteiger partial charge in [0.2, 0.25) is 0 Å². The van der Waals surface area contributed by atoms with Crippen LogP contribution in [0.5, 0.6) is 0 Å². The molecule has 0 N–H and O–H groups in total. The fourth-order valence-electron chi connectivity index (χ4n) is 1.82. The van der Waals surface area contributed by atoms with Crippen molar-refractivity contribution in [3.63, 3.8) is 0 Å². The van der Waals surface area contributed by atoms with Crippen molar-refractivity contribution in [3.8, 4) is 0 Å². The lowest BCUT2D eigenvalue weighted by atomic mass is 10.3. The Morgan fingerprint density at radius 3 is 2.56 bits per heavy atom. The minimum absolute atomic E-state index is 0.0959. The minimum Gasteiger partial charge on any atom is -0.368 e. The van der Waals surface area contributed by atoms with Crippen molar-refractivity contribution in [1.82, 2.24) is 4.98 Å². The van der Waals surface area contributed by atoms with Crippen molar-refractivity contribution in [1.29, 1.82) is 0 Å². The fraction of sp³-hybridized carbons (Fsp3) is 0.286. The third kappa shape index (κ3) is 2.76. The number of benzene rings is 1. The summed E-state index contributed by atoms with van der Waals surface area (Å²) in [6.45, 7) is 4.20. The molecule has 0 aliphatic carbocycles. The maximum atomic E-state index is 11.4. The summed E-state index contributed by atoms with van der Waals surface area (Å²) < 4.78 is 0. The molecule has 1 heterocycles. The summed E-state index contributed by atoms with van der Waals surface area (Å²) in [6.07, 6.45) is 0. The number of nitrogens with zero attached hydrogens (tertiary/aromatic N) is 2. The molecule has 0 saturated heterocycles. The molecule has 0 fully saturated rings. The highest BCUT2D eigenvalue weighted by atomic mass is 32.1. The second kappa shape index (κ2) is 5.31. The van der Waals surface area contributed by atoms with Gasteiger partial charge in [-0.1, -0.05) is 18.2 Å². The van der Waals surface area contributed by atoms with E-state index in [0.717, 1.165) is 27.8 Å². The number of Topliss-reactive ketones (excluding diaryl/α,β-unsaturated/α-hetero) is 1. The van der Waals surface area contributed by atoms with Gasteiger partial charge >= 0.3 is 0 Å². The molecule has 4 heteroatoms. The zero-order valence-corrected chi connectivity index (χ0v) is 11.6. The predicted octanol–water partition coefficient (Wildman–Crippen LogP) is 3.29. The van der Waals surface area contributed by atoms with Gasteiger partial charge in [0.15, 0.2) is 5.78 Å². The summed E-state index contributed by atoms with van der Waals surface area (Å²) in [5, 5.41) is 0.976. The van der Waals surface area contributed by atoms with E-state index in [0.29, 0.717) is 0 Å². The SMILES string of the molecule is CC(=O)c1sc(CN(C)c2ccccc2)nc1C. The average Bonchev–Trinajstić information content (AvgIpc) is 2.71. The van der Waals surface area contributed by atoms with Gasteiger partial charge in [-0.25, -0.2) is 4.98 Å². The number of rotatable bonds is 4. The van der Waals surface area contributed by atoms with Gasteiger partial charge in [-0.3, -0.25) is 4.79 Å². The topological polar surface area (TPSA) is 33.2 Å². The Morgan fingerprint density at radius 1 is 1.33 bits per heavy atom. The molecular weight excluding hydrogens is 244 g/mol.